The number of rotatable bonds is 5. The van der Waals surface area contributed by atoms with Crippen LogP contribution in [0.5, 0.6) is 0 Å². The van der Waals surface area contributed by atoms with Gasteiger partial charge in [-0.25, -0.2) is 4.98 Å². The SMILES string of the molecule is Cc1cccc(-c2cc(Nc3cc(N[C@@H]4COC[C@H]4C)c4cnn(C)c4n3)n(C)n2)c1. The molecular formula is C23H27N7O. The van der Waals surface area contributed by atoms with Gasteiger partial charge in [-0.3, -0.25) is 9.36 Å². The summed E-state index contributed by atoms with van der Waals surface area (Å²) in [6.45, 7) is 5.77. The summed E-state index contributed by atoms with van der Waals surface area (Å²) in [5.41, 5.74) is 5.05. The van der Waals surface area contributed by atoms with Crippen molar-refractivity contribution >= 4 is 28.4 Å². The molecule has 160 valence electrons. The molecule has 0 spiro atoms. The van der Waals surface area contributed by atoms with Crippen LogP contribution in [0.25, 0.3) is 22.3 Å². The molecule has 4 aromatic rings. The minimum Gasteiger partial charge on any atom is -0.379 e. The van der Waals surface area contributed by atoms with E-state index in [1.807, 2.05) is 37.1 Å². The summed E-state index contributed by atoms with van der Waals surface area (Å²) in [7, 11) is 3.84. The summed E-state index contributed by atoms with van der Waals surface area (Å²) < 4.78 is 9.26. The fourth-order valence-corrected chi connectivity index (χ4v) is 4.00. The van der Waals surface area contributed by atoms with E-state index in [1.165, 1.54) is 5.56 Å². The highest BCUT2D eigenvalue weighted by Gasteiger charge is 2.25. The normalized spacial score (nSPS) is 18.6. The number of anilines is 3. The fourth-order valence-electron chi connectivity index (χ4n) is 4.00. The van der Waals surface area contributed by atoms with E-state index < -0.39 is 0 Å². The van der Waals surface area contributed by atoms with E-state index in [4.69, 9.17) is 9.72 Å². The molecule has 31 heavy (non-hydrogen) atoms. The maximum absolute atomic E-state index is 5.63. The molecular weight excluding hydrogens is 390 g/mol. The molecule has 0 saturated carbocycles. The van der Waals surface area contributed by atoms with Gasteiger partial charge in [0.05, 0.1) is 42.2 Å². The summed E-state index contributed by atoms with van der Waals surface area (Å²) in [5, 5.41) is 17.2. The standard InChI is InChI=1S/C23H27N7O/c1-14-6-5-7-16(8-14)18-10-22(29(3)28-18)26-21-9-19(25-20-13-31-12-15(20)2)17-11-24-30(4)23(17)27-21/h5-11,15,20H,12-13H2,1-4H3,(H2,25,26,27)/t15-,20-/m1/s1. The first kappa shape index (κ1) is 19.6. The van der Waals surface area contributed by atoms with E-state index in [2.05, 4.69) is 58.9 Å². The largest absolute Gasteiger partial charge is 0.379 e. The predicted molar refractivity (Wildman–Crippen MR) is 123 cm³/mol. The molecule has 2 N–H and O–H groups in total. The summed E-state index contributed by atoms with van der Waals surface area (Å²) >= 11 is 0. The first-order valence-corrected chi connectivity index (χ1v) is 10.5. The molecule has 3 aromatic heterocycles. The van der Waals surface area contributed by atoms with E-state index >= 15 is 0 Å². The van der Waals surface area contributed by atoms with Gasteiger partial charge in [0.2, 0.25) is 0 Å². The molecule has 1 aromatic carbocycles. The van der Waals surface area contributed by atoms with Gasteiger partial charge in [-0.2, -0.15) is 10.2 Å². The Hall–Kier alpha value is -3.39. The number of fused-ring (bicyclic) bond motifs is 1. The van der Waals surface area contributed by atoms with Crippen molar-refractivity contribution in [2.45, 2.75) is 19.9 Å². The Bertz CT molecular complexity index is 1240. The van der Waals surface area contributed by atoms with Gasteiger partial charge >= 0.3 is 0 Å². The zero-order chi connectivity index (χ0) is 21.5. The van der Waals surface area contributed by atoms with Crippen molar-refractivity contribution in [3.8, 4) is 11.3 Å². The fraction of sp³-hybridized carbons (Fsp3) is 0.348. The maximum atomic E-state index is 5.63. The highest BCUT2D eigenvalue weighted by molar-refractivity contribution is 5.91. The second kappa shape index (κ2) is 7.70. The minimum absolute atomic E-state index is 0.267. The third kappa shape index (κ3) is 3.74. The molecule has 1 saturated heterocycles. The lowest BCUT2D eigenvalue weighted by Crippen LogP contribution is -2.26. The lowest BCUT2D eigenvalue weighted by Gasteiger charge is -2.18. The van der Waals surface area contributed by atoms with Gasteiger partial charge in [0.15, 0.2) is 5.65 Å². The van der Waals surface area contributed by atoms with Gasteiger partial charge in [0.25, 0.3) is 0 Å². The lowest BCUT2D eigenvalue weighted by molar-refractivity contribution is 0.187. The Morgan fingerprint density at radius 3 is 2.74 bits per heavy atom. The van der Waals surface area contributed by atoms with E-state index in [-0.39, 0.29) is 6.04 Å². The number of benzene rings is 1. The van der Waals surface area contributed by atoms with Crippen LogP contribution < -0.4 is 10.6 Å². The van der Waals surface area contributed by atoms with E-state index in [1.54, 1.807) is 4.68 Å². The van der Waals surface area contributed by atoms with Crippen molar-refractivity contribution in [2.24, 2.45) is 20.0 Å². The average molecular weight is 418 g/mol. The topological polar surface area (TPSA) is 81.8 Å². The summed E-state index contributed by atoms with van der Waals surface area (Å²) in [4.78, 5) is 4.80. The molecule has 1 fully saturated rings. The second-order valence-electron chi connectivity index (χ2n) is 8.36. The summed E-state index contributed by atoms with van der Waals surface area (Å²) in [6, 6.07) is 12.7. The van der Waals surface area contributed by atoms with Gasteiger partial charge in [-0.1, -0.05) is 30.7 Å². The molecule has 8 nitrogen and oxygen atoms in total. The van der Waals surface area contributed by atoms with Crippen LogP contribution in [0, 0.1) is 12.8 Å². The average Bonchev–Trinajstić information content (AvgIpc) is 3.43. The van der Waals surface area contributed by atoms with Crippen molar-refractivity contribution in [2.75, 3.05) is 23.8 Å². The summed E-state index contributed by atoms with van der Waals surface area (Å²) in [6.07, 6.45) is 1.86. The molecule has 0 radical (unpaired) electrons. The van der Waals surface area contributed by atoms with Gasteiger partial charge in [0.1, 0.15) is 11.6 Å². The number of aryl methyl sites for hydroxylation is 3. The number of nitrogens with zero attached hydrogens (tertiary/aromatic N) is 5. The number of pyridine rings is 1. The maximum Gasteiger partial charge on any atom is 0.161 e. The highest BCUT2D eigenvalue weighted by Crippen LogP contribution is 2.30. The molecule has 4 heterocycles. The zero-order valence-corrected chi connectivity index (χ0v) is 18.3. The van der Waals surface area contributed by atoms with E-state index in [9.17, 15) is 0 Å². The number of hydrogen-bond donors (Lipinski definition) is 2. The van der Waals surface area contributed by atoms with Gasteiger partial charge in [0, 0.05) is 37.7 Å². The smallest absolute Gasteiger partial charge is 0.161 e. The van der Waals surface area contributed by atoms with Crippen molar-refractivity contribution < 1.29 is 4.74 Å². The molecule has 0 unspecified atom stereocenters. The van der Waals surface area contributed by atoms with Gasteiger partial charge < -0.3 is 15.4 Å². The summed E-state index contributed by atoms with van der Waals surface area (Å²) in [5.74, 6) is 2.06. The second-order valence-corrected chi connectivity index (χ2v) is 8.36. The Labute approximate surface area is 181 Å². The first-order valence-electron chi connectivity index (χ1n) is 10.5. The van der Waals surface area contributed by atoms with Crippen LogP contribution in [-0.4, -0.2) is 43.8 Å². The Kier molecular flexibility index (Phi) is 4.86. The Morgan fingerprint density at radius 1 is 1.10 bits per heavy atom. The zero-order valence-electron chi connectivity index (χ0n) is 18.3. The van der Waals surface area contributed by atoms with Crippen molar-refractivity contribution in [1.82, 2.24) is 24.5 Å². The van der Waals surface area contributed by atoms with E-state index in [0.717, 1.165) is 46.2 Å². The molecule has 5 rings (SSSR count). The van der Waals surface area contributed by atoms with Crippen LogP contribution in [0.3, 0.4) is 0 Å². The monoisotopic (exact) mass is 417 g/mol. The molecule has 1 aliphatic heterocycles. The van der Waals surface area contributed by atoms with E-state index in [0.29, 0.717) is 12.5 Å². The first-order chi connectivity index (χ1) is 15.0. The van der Waals surface area contributed by atoms with Gasteiger partial charge in [-0.05, 0) is 13.0 Å². The molecule has 0 amide bonds. The number of aromatic nitrogens is 5. The third-order valence-corrected chi connectivity index (χ3v) is 5.86. The van der Waals surface area contributed by atoms with Crippen LogP contribution in [0.4, 0.5) is 17.3 Å². The molecule has 1 aliphatic rings. The van der Waals surface area contributed by atoms with Crippen LogP contribution in [0.2, 0.25) is 0 Å². The highest BCUT2D eigenvalue weighted by atomic mass is 16.5. The molecule has 2 atom stereocenters. The van der Waals surface area contributed by atoms with Crippen LogP contribution in [0.1, 0.15) is 12.5 Å². The Balaban J connectivity index is 1.49. The van der Waals surface area contributed by atoms with Crippen molar-refractivity contribution in [3.05, 3.63) is 48.2 Å². The number of ether oxygens (including phenoxy) is 1. The number of hydrogen-bond acceptors (Lipinski definition) is 6. The van der Waals surface area contributed by atoms with Crippen LogP contribution in [0.15, 0.2) is 42.6 Å². The quantitative estimate of drug-likeness (QED) is 0.513. The predicted octanol–water partition coefficient (Wildman–Crippen LogP) is 3.87. The molecule has 0 aliphatic carbocycles. The lowest BCUT2D eigenvalue weighted by atomic mass is 10.1. The van der Waals surface area contributed by atoms with Crippen LogP contribution in [-0.2, 0) is 18.8 Å². The van der Waals surface area contributed by atoms with Crippen molar-refractivity contribution in [3.63, 3.8) is 0 Å². The number of nitrogens with one attached hydrogen (secondary N) is 2. The molecule has 8 heteroatoms. The Morgan fingerprint density at radius 2 is 1.97 bits per heavy atom. The molecule has 0 bridgehead atoms. The minimum atomic E-state index is 0.267. The van der Waals surface area contributed by atoms with Gasteiger partial charge in [-0.15, -0.1) is 0 Å². The van der Waals surface area contributed by atoms with Crippen LogP contribution >= 0.6 is 0 Å². The van der Waals surface area contributed by atoms with Crippen molar-refractivity contribution in [1.29, 1.82) is 0 Å². The third-order valence-electron chi connectivity index (χ3n) is 5.86.